The molecule has 1 heterocycles. The van der Waals surface area contributed by atoms with E-state index in [1.807, 2.05) is 25.1 Å². The molecule has 0 radical (unpaired) electrons. The largest absolute Gasteiger partial charge is 0.490 e. The summed E-state index contributed by atoms with van der Waals surface area (Å²) in [6, 6.07) is 10.0. The van der Waals surface area contributed by atoms with Gasteiger partial charge in [0, 0.05) is 23.4 Å². The summed E-state index contributed by atoms with van der Waals surface area (Å²) in [6.07, 6.45) is 0.905. The molecular weight excluding hydrogens is 258 g/mol. The van der Waals surface area contributed by atoms with Crippen LogP contribution in [0.4, 0.5) is 0 Å². The second kappa shape index (κ2) is 7.16. The molecule has 0 saturated carbocycles. The van der Waals surface area contributed by atoms with E-state index in [-0.39, 0.29) is 0 Å². The van der Waals surface area contributed by atoms with Crippen molar-refractivity contribution in [3.63, 3.8) is 0 Å². The summed E-state index contributed by atoms with van der Waals surface area (Å²) >= 11 is 1.75. The second-order valence-electron chi connectivity index (χ2n) is 4.06. The Bertz CT molecular complexity index is 497. The maximum atomic E-state index is 5.89. The molecule has 0 fully saturated rings. The van der Waals surface area contributed by atoms with E-state index in [0.29, 0.717) is 19.8 Å². The number of para-hydroxylation sites is 1. The van der Waals surface area contributed by atoms with E-state index in [9.17, 15) is 0 Å². The Labute approximate surface area is 118 Å². The Morgan fingerprint density at radius 3 is 2.74 bits per heavy atom. The van der Waals surface area contributed by atoms with Gasteiger partial charge in [0.1, 0.15) is 0 Å². The molecule has 0 spiro atoms. The number of ether oxygens (including phenoxy) is 2. The van der Waals surface area contributed by atoms with Crippen molar-refractivity contribution in [1.82, 2.24) is 0 Å². The average Bonchev–Trinajstić information content (AvgIpc) is 2.93. The summed E-state index contributed by atoms with van der Waals surface area (Å²) in [5.74, 6) is 1.56. The molecule has 1 aromatic carbocycles. The van der Waals surface area contributed by atoms with Crippen molar-refractivity contribution in [3.8, 4) is 11.5 Å². The topological polar surface area (TPSA) is 44.5 Å². The van der Waals surface area contributed by atoms with Gasteiger partial charge in [0.15, 0.2) is 11.5 Å². The standard InChI is InChI=1S/C15H19NO2S/c1-2-17-14-7-3-5-12(11-16)15(14)18-9-8-13-6-4-10-19-13/h3-7,10H,2,8-9,11,16H2,1H3. The van der Waals surface area contributed by atoms with E-state index in [1.165, 1.54) is 4.88 Å². The lowest BCUT2D eigenvalue weighted by atomic mass is 10.2. The maximum absolute atomic E-state index is 5.89. The van der Waals surface area contributed by atoms with Crippen molar-refractivity contribution in [2.24, 2.45) is 5.73 Å². The van der Waals surface area contributed by atoms with Crippen LogP contribution in [0.15, 0.2) is 35.7 Å². The fourth-order valence-electron chi connectivity index (χ4n) is 1.86. The van der Waals surface area contributed by atoms with Gasteiger partial charge in [-0.25, -0.2) is 0 Å². The van der Waals surface area contributed by atoms with Gasteiger partial charge < -0.3 is 15.2 Å². The first-order chi connectivity index (χ1) is 9.35. The fraction of sp³-hybridized carbons (Fsp3) is 0.333. The van der Waals surface area contributed by atoms with Gasteiger partial charge in [-0.05, 0) is 24.4 Å². The summed E-state index contributed by atoms with van der Waals surface area (Å²) in [6.45, 7) is 3.67. The Balaban J connectivity index is 2.04. The number of nitrogens with two attached hydrogens (primary N) is 1. The van der Waals surface area contributed by atoms with Gasteiger partial charge in [0.25, 0.3) is 0 Å². The lowest BCUT2D eigenvalue weighted by molar-refractivity contribution is 0.277. The Kier molecular flexibility index (Phi) is 5.24. The van der Waals surface area contributed by atoms with Crippen LogP contribution in [0.25, 0.3) is 0 Å². The van der Waals surface area contributed by atoms with Crippen LogP contribution in [-0.4, -0.2) is 13.2 Å². The molecule has 0 saturated heterocycles. The molecule has 0 unspecified atom stereocenters. The van der Waals surface area contributed by atoms with Crippen LogP contribution >= 0.6 is 11.3 Å². The first-order valence-electron chi connectivity index (χ1n) is 6.45. The van der Waals surface area contributed by atoms with Gasteiger partial charge in [-0.1, -0.05) is 18.2 Å². The number of benzene rings is 1. The number of rotatable bonds is 7. The SMILES string of the molecule is CCOc1cccc(CN)c1OCCc1cccs1. The summed E-state index contributed by atoms with van der Waals surface area (Å²) in [5, 5.41) is 2.08. The first kappa shape index (κ1) is 13.9. The zero-order chi connectivity index (χ0) is 13.5. The third kappa shape index (κ3) is 3.72. The van der Waals surface area contributed by atoms with Gasteiger partial charge in [0.2, 0.25) is 0 Å². The van der Waals surface area contributed by atoms with Crippen molar-refractivity contribution in [3.05, 3.63) is 46.2 Å². The van der Waals surface area contributed by atoms with E-state index in [4.69, 9.17) is 15.2 Å². The summed E-state index contributed by atoms with van der Waals surface area (Å²) in [5.41, 5.74) is 6.73. The molecular formula is C15H19NO2S. The van der Waals surface area contributed by atoms with Crippen molar-refractivity contribution in [2.45, 2.75) is 19.9 Å². The maximum Gasteiger partial charge on any atom is 0.165 e. The van der Waals surface area contributed by atoms with E-state index in [1.54, 1.807) is 11.3 Å². The van der Waals surface area contributed by atoms with E-state index < -0.39 is 0 Å². The molecule has 2 rings (SSSR count). The third-order valence-corrected chi connectivity index (χ3v) is 3.69. The molecule has 102 valence electrons. The van der Waals surface area contributed by atoms with Crippen LogP contribution in [0, 0.1) is 0 Å². The van der Waals surface area contributed by atoms with Crippen LogP contribution in [0.3, 0.4) is 0 Å². The molecule has 2 N–H and O–H groups in total. The first-order valence-corrected chi connectivity index (χ1v) is 7.33. The molecule has 0 bridgehead atoms. The third-order valence-electron chi connectivity index (χ3n) is 2.76. The lowest BCUT2D eigenvalue weighted by Gasteiger charge is -2.14. The van der Waals surface area contributed by atoms with Crippen LogP contribution in [-0.2, 0) is 13.0 Å². The van der Waals surface area contributed by atoms with Crippen molar-refractivity contribution >= 4 is 11.3 Å². The average molecular weight is 277 g/mol. The van der Waals surface area contributed by atoms with Crippen molar-refractivity contribution in [1.29, 1.82) is 0 Å². The molecule has 1 aromatic heterocycles. The lowest BCUT2D eigenvalue weighted by Crippen LogP contribution is -2.07. The van der Waals surface area contributed by atoms with Crippen LogP contribution in [0.2, 0.25) is 0 Å². The number of hydrogen-bond acceptors (Lipinski definition) is 4. The van der Waals surface area contributed by atoms with Crippen molar-refractivity contribution < 1.29 is 9.47 Å². The van der Waals surface area contributed by atoms with Gasteiger partial charge in [-0.15, -0.1) is 11.3 Å². The molecule has 3 nitrogen and oxygen atoms in total. The van der Waals surface area contributed by atoms with Gasteiger partial charge in [-0.3, -0.25) is 0 Å². The van der Waals surface area contributed by atoms with Crippen LogP contribution in [0.5, 0.6) is 11.5 Å². The molecule has 0 amide bonds. The highest BCUT2D eigenvalue weighted by atomic mass is 32.1. The van der Waals surface area contributed by atoms with Gasteiger partial charge in [-0.2, -0.15) is 0 Å². The predicted octanol–water partition coefficient (Wildman–Crippen LogP) is 3.23. The Morgan fingerprint density at radius 1 is 1.16 bits per heavy atom. The van der Waals surface area contributed by atoms with E-state index in [2.05, 4.69) is 17.5 Å². The Hall–Kier alpha value is -1.52. The monoisotopic (exact) mass is 277 g/mol. The zero-order valence-corrected chi connectivity index (χ0v) is 11.9. The molecule has 19 heavy (non-hydrogen) atoms. The molecule has 0 atom stereocenters. The number of hydrogen-bond donors (Lipinski definition) is 1. The minimum Gasteiger partial charge on any atom is -0.490 e. The summed E-state index contributed by atoms with van der Waals surface area (Å²) < 4.78 is 11.5. The minimum absolute atomic E-state index is 0.454. The molecule has 0 aliphatic rings. The molecule has 2 aromatic rings. The van der Waals surface area contributed by atoms with Crippen LogP contribution < -0.4 is 15.2 Å². The quantitative estimate of drug-likeness (QED) is 0.845. The second-order valence-corrected chi connectivity index (χ2v) is 5.09. The van der Waals surface area contributed by atoms with Gasteiger partial charge >= 0.3 is 0 Å². The zero-order valence-electron chi connectivity index (χ0n) is 11.1. The number of thiophene rings is 1. The highest BCUT2D eigenvalue weighted by Crippen LogP contribution is 2.31. The van der Waals surface area contributed by atoms with Crippen molar-refractivity contribution in [2.75, 3.05) is 13.2 Å². The minimum atomic E-state index is 0.454. The smallest absolute Gasteiger partial charge is 0.165 e. The summed E-state index contributed by atoms with van der Waals surface area (Å²) in [4.78, 5) is 1.32. The Morgan fingerprint density at radius 2 is 2.05 bits per heavy atom. The highest BCUT2D eigenvalue weighted by molar-refractivity contribution is 7.09. The van der Waals surface area contributed by atoms with Gasteiger partial charge in [0.05, 0.1) is 13.2 Å². The fourth-order valence-corrected chi connectivity index (χ4v) is 2.55. The molecule has 0 aliphatic carbocycles. The van der Waals surface area contributed by atoms with Crippen LogP contribution in [0.1, 0.15) is 17.4 Å². The molecule has 0 aliphatic heterocycles. The highest BCUT2D eigenvalue weighted by Gasteiger charge is 2.10. The summed E-state index contributed by atoms with van der Waals surface area (Å²) in [7, 11) is 0. The predicted molar refractivity (Wildman–Crippen MR) is 79.0 cm³/mol. The van der Waals surface area contributed by atoms with E-state index in [0.717, 1.165) is 23.5 Å². The molecule has 4 heteroatoms. The normalized spacial score (nSPS) is 10.4. The van der Waals surface area contributed by atoms with E-state index >= 15 is 0 Å².